The number of anilines is 2. The summed E-state index contributed by atoms with van der Waals surface area (Å²) in [5, 5.41) is 9.54. The molecule has 0 aliphatic rings. The van der Waals surface area contributed by atoms with Crippen molar-refractivity contribution in [2.24, 2.45) is 5.92 Å². The molecular formula is C18H23N3O3. The van der Waals surface area contributed by atoms with Crippen molar-refractivity contribution in [3.8, 4) is 0 Å². The molecule has 6 nitrogen and oxygen atoms in total. The molecule has 0 unspecified atom stereocenters. The average molecular weight is 329 g/mol. The Kier molecular flexibility index (Phi) is 5.73. The summed E-state index contributed by atoms with van der Waals surface area (Å²) in [7, 11) is 0. The first-order valence-corrected chi connectivity index (χ1v) is 7.99. The van der Waals surface area contributed by atoms with Gasteiger partial charge in [0.05, 0.1) is 5.69 Å². The molecule has 2 aromatic rings. The Labute approximate surface area is 141 Å². The molecule has 0 aliphatic heterocycles. The van der Waals surface area contributed by atoms with Crippen molar-refractivity contribution in [2.75, 3.05) is 10.6 Å². The molecule has 1 heterocycles. The van der Waals surface area contributed by atoms with Gasteiger partial charge in [-0.2, -0.15) is 0 Å². The number of rotatable bonds is 6. The van der Waals surface area contributed by atoms with Gasteiger partial charge in [0, 0.05) is 29.3 Å². The fourth-order valence-electron chi connectivity index (χ4n) is 2.28. The number of amides is 2. The summed E-state index contributed by atoms with van der Waals surface area (Å²) in [6, 6.07) is 7.12. The maximum atomic E-state index is 12.1. The molecule has 24 heavy (non-hydrogen) atoms. The van der Waals surface area contributed by atoms with Crippen LogP contribution in [0.4, 0.5) is 11.4 Å². The second-order valence-corrected chi connectivity index (χ2v) is 6.08. The highest BCUT2D eigenvalue weighted by Gasteiger charge is 2.12. The second kappa shape index (κ2) is 7.77. The molecule has 2 amide bonds. The van der Waals surface area contributed by atoms with E-state index < -0.39 is 0 Å². The standard InChI is InChI=1S/C18H23N3O3/c1-11(2)18(23)20-15-7-5-6-14(10-15)19-17(22)9-8-16-12(3)21-24-13(16)4/h5-7,10-11H,8-9H2,1-4H3,(H,19,22)(H,20,23). The highest BCUT2D eigenvalue weighted by atomic mass is 16.5. The molecule has 2 rings (SSSR count). The molecule has 0 bridgehead atoms. The minimum Gasteiger partial charge on any atom is -0.361 e. The molecule has 0 saturated heterocycles. The zero-order chi connectivity index (χ0) is 17.7. The molecular weight excluding hydrogens is 306 g/mol. The summed E-state index contributed by atoms with van der Waals surface area (Å²) in [4.78, 5) is 23.9. The normalized spacial score (nSPS) is 10.7. The lowest BCUT2D eigenvalue weighted by Gasteiger charge is -2.10. The molecule has 2 N–H and O–H groups in total. The Hall–Kier alpha value is -2.63. The highest BCUT2D eigenvalue weighted by Crippen LogP contribution is 2.18. The predicted molar refractivity (Wildman–Crippen MR) is 92.8 cm³/mol. The molecule has 6 heteroatoms. The summed E-state index contributed by atoms with van der Waals surface area (Å²) in [5.41, 5.74) is 3.11. The summed E-state index contributed by atoms with van der Waals surface area (Å²) in [5.74, 6) is 0.496. The van der Waals surface area contributed by atoms with Crippen LogP contribution in [0.3, 0.4) is 0 Å². The van der Waals surface area contributed by atoms with Crippen molar-refractivity contribution < 1.29 is 14.1 Å². The smallest absolute Gasteiger partial charge is 0.226 e. The van der Waals surface area contributed by atoms with Crippen LogP contribution in [0, 0.1) is 19.8 Å². The molecule has 1 aromatic carbocycles. The van der Waals surface area contributed by atoms with E-state index in [1.807, 2.05) is 27.7 Å². The first kappa shape index (κ1) is 17.7. The van der Waals surface area contributed by atoms with E-state index in [0.29, 0.717) is 24.2 Å². The maximum Gasteiger partial charge on any atom is 0.226 e. The summed E-state index contributed by atoms with van der Waals surface area (Å²) >= 11 is 0. The van der Waals surface area contributed by atoms with Gasteiger partial charge in [-0.05, 0) is 38.5 Å². The molecule has 128 valence electrons. The van der Waals surface area contributed by atoms with Crippen LogP contribution in [0.2, 0.25) is 0 Å². The van der Waals surface area contributed by atoms with Crippen molar-refractivity contribution in [3.63, 3.8) is 0 Å². The minimum absolute atomic E-state index is 0.0584. The molecule has 1 aromatic heterocycles. The number of benzene rings is 1. The lowest BCUT2D eigenvalue weighted by molar-refractivity contribution is -0.119. The molecule has 0 atom stereocenters. The molecule has 0 aliphatic carbocycles. The Morgan fingerprint density at radius 3 is 2.42 bits per heavy atom. The summed E-state index contributed by atoms with van der Waals surface area (Å²) < 4.78 is 5.10. The van der Waals surface area contributed by atoms with Gasteiger partial charge >= 0.3 is 0 Å². The number of nitrogens with zero attached hydrogens (tertiary/aromatic N) is 1. The van der Waals surface area contributed by atoms with Crippen LogP contribution in [0.5, 0.6) is 0 Å². The Morgan fingerprint density at radius 2 is 1.83 bits per heavy atom. The number of hydrogen-bond donors (Lipinski definition) is 2. The summed E-state index contributed by atoms with van der Waals surface area (Å²) in [6.45, 7) is 7.37. The van der Waals surface area contributed by atoms with Crippen LogP contribution in [0.25, 0.3) is 0 Å². The van der Waals surface area contributed by atoms with Crippen molar-refractivity contribution in [3.05, 3.63) is 41.3 Å². The van der Waals surface area contributed by atoms with Crippen molar-refractivity contribution in [1.29, 1.82) is 0 Å². The van der Waals surface area contributed by atoms with Gasteiger partial charge in [0.2, 0.25) is 11.8 Å². The van der Waals surface area contributed by atoms with Gasteiger partial charge in [-0.1, -0.05) is 25.1 Å². The molecule has 0 fully saturated rings. The van der Waals surface area contributed by atoms with E-state index in [9.17, 15) is 9.59 Å². The van der Waals surface area contributed by atoms with Crippen LogP contribution >= 0.6 is 0 Å². The maximum absolute atomic E-state index is 12.1. The number of nitrogens with one attached hydrogen (secondary N) is 2. The Morgan fingerprint density at radius 1 is 1.17 bits per heavy atom. The number of carbonyl (C=O) groups is 2. The van der Waals surface area contributed by atoms with E-state index in [0.717, 1.165) is 17.0 Å². The van der Waals surface area contributed by atoms with Crippen LogP contribution in [0.1, 0.15) is 37.3 Å². The summed E-state index contributed by atoms with van der Waals surface area (Å²) in [6.07, 6.45) is 0.919. The average Bonchev–Trinajstić information content (AvgIpc) is 2.84. The largest absolute Gasteiger partial charge is 0.361 e. The van der Waals surface area contributed by atoms with Crippen molar-refractivity contribution in [1.82, 2.24) is 5.16 Å². The third-order valence-corrected chi connectivity index (χ3v) is 3.72. The number of hydrogen-bond acceptors (Lipinski definition) is 4. The fraction of sp³-hybridized carbons (Fsp3) is 0.389. The fourth-order valence-corrected chi connectivity index (χ4v) is 2.28. The van der Waals surface area contributed by atoms with Gasteiger partial charge in [-0.3, -0.25) is 9.59 Å². The van der Waals surface area contributed by atoms with Gasteiger partial charge < -0.3 is 15.2 Å². The van der Waals surface area contributed by atoms with Crippen molar-refractivity contribution in [2.45, 2.75) is 40.5 Å². The van der Waals surface area contributed by atoms with Crippen LogP contribution in [-0.2, 0) is 16.0 Å². The van der Waals surface area contributed by atoms with E-state index in [1.54, 1.807) is 24.3 Å². The van der Waals surface area contributed by atoms with Gasteiger partial charge in [0.15, 0.2) is 0 Å². The van der Waals surface area contributed by atoms with E-state index in [1.165, 1.54) is 0 Å². The van der Waals surface area contributed by atoms with Crippen LogP contribution < -0.4 is 10.6 Å². The van der Waals surface area contributed by atoms with E-state index >= 15 is 0 Å². The lowest BCUT2D eigenvalue weighted by Crippen LogP contribution is -2.18. The topological polar surface area (TPSA) is 84.2 Å². The first-order valence-electron chi connectivity index (χ1n) is 7.99. The molecule has 0 spiro atoms. The Bertz CT molecular complexity index is 715. The predicted octanol–water partition coefficient (Wildman–Crippen LogP) is 3.46. The third-order valence-electron chi connectivity index (χ3n) is 3.72. The van der Waals surface area contributed by atoms with Gasteiger partial charge in [-0.15, -0.1) is 0 Å². The number of aryl methyl sites for hydroxylation is 2. The zero-order valence-corrected chi connectivity index (χ0v) is 14.5. The van der Waals surface area contributed by atoms with Crippen molar-refractivity contribution >= 4 is 23.2 Å². The number of carbonyl (C=O) groups excluding carboxylic acids is 2. The highest BCUT2D eigenvalue weighted by molar-refractivity contribution is 5.94. The van der Waals surface area contributed by atoms with E-state index in [4.69, 9.17) is 4.52 Å². The lowest BCUT2D eigenvalue weighted by atomic mass is 10.1. The second-order valence-electron chi connectivity index (χ2n) is 6.08. The quantitative estimate of drug-likeness (QED) is 0.850. The minimum atomic E-state index is -0.0988. The number of aromatic nitrogens is 1. The molecule has 0 radical (unpaired) electrons. The van der Waals surface area contributed by atoms with Gasteiger partial charge in [0.1, 0.15) is 5.76 Å². The first-order chi connectivity index (χ1) is 11.4. The third kappa shape index (κ3) is 4.68. The van der Waals surface area contributed by atoms with Gasteiger partial charge in [0.25, 0.3) is 0 Å². The van der Waals surface area contributed by atoms with Gasteiger partial charge in [-0.25, -0.2) is 0 Å². The molecule has 0 saturated carbocycles. The Balaban J connectivity index is 1.93. The van der Waals surface area contributed by atoms with Crippen LogP contribution in [0.15, 0.2) is 28.8 Å². The van der Waals surface area contributed by atoms with Crippen LogP contribution in [-0.4, -0.2) is 17.0 Å². The zero-order valence-electron chi connectivity index (χ0n) is 14.5. The monoisotopic (exact) mass is 329 g/mol. The van der Waals surface area contributed by atoms with E-state index in [2.05, 4.69) is 15.8 Å². The van der Waals surface area contributed by atoms with E-state index in [-0.39, 0.29) is 17.7 Å². The SMILES string of the molecule is Cc1noc(C)c1CCC(=O)Nc1cccc(NC(=O)C(C)C)c1.